The molecule has 1 aliphatic heterocycles. The number of amides is 1. The highest BCUT2D eigenvalue weighted by Crippen LogP contribution is 2.45. The van der Waals surface area contributed by atoms with Gasteiger partial charge in [0.15, 0.2) is 17.2 Å². The Labute approximate surface area is 195 Å². The Morgan fingerprint density at radius 2 is 1.78 bits per heavy atom. The second-order valence-electron chi connectivity index (χ2n) is 7.63. The van der Waals surface area contributed by atoms with Crippen LogP contribution in [0.4, 0.5) is 0 Å². The fraction of sp³-hybridized carbons (Fsp3) is 0.304. The topological polar surface area (TPSA) is 65.8 Å². The largest absolute Gasteiger partial charge is 0.493 e. The minimum Gasteiger partial charge on any atom is -0.493 e. The van der Waals surface area contributed by atoms with E-state index in [2.05, 4.69) is 0 Å². The monoisotopic (exact) mass is 473 g/mol. The average molecular weight is 474 g/mol. The fourth-order valence-corrected chi connectivity index (χ4v) is 4.65. The molecule has 5 rings (SSSR count). The summed E-state index contributed by atoms with van der Waals surface area (Å²) in [7, 11) is 3.20. The molecule has 2 aliphatic rings. The average Bonchev–Trinajstić information content (AvgIpc) is 3.36. The first-order valence-corrected chi connectivity index (χ1v) is 11.0. The highest BCUT2D eigenvalue weighted by molar-refractivity contribution is 6.34. The molecule has 166 valence electrons. The Hall–Kier alpha value is -2.74. The number of methoxy groups -OCH3 is 2. The molecule has 7 nitrogen and oxygen atoms in total. The van der Waals surface area contributed by atoms with Gasteiger partial charge in [0.05, 0.1) is 43.8 Å². The number of halogens is 2. The third-order valence-corrected chi connectivity index (χ3v) is 6.41. The summed E-state index contributed by atoms with van der Waals surface area (Å²) in [5.74, 6) is 1.12. The number of fused-ring (bicyclic) bond motifs is 3. The predicted octanol–water partition coefficient (Wildman–Crippen LogP) is 4.24. The van der Waals surface area contributed by atoms with Crippen molar-refractivity contribution in [3.05, 3.63) is 57.2 Å². The summed E-state index contributed by atoms with van der Waals surface area (Å²) < 4.78 is 18.1. The van der Waals surface area contributed by atoms with Gasteiger partial charge in [0.1, 0.15) is 0 Å². The normalized spacial score (nSPS) is 14.8. The van der Waals surface area contributed by atoms with Gasteiger partial charge in [-0.2, -0.15) is 5.10 Å². The van der Waals surface area contributed by atoms with Crippen LogP contribution in [-0.2, 0) is 11.2 Å². The molecule has 1 aromatic heterocycles. The van der Waals surface area contributed by atoms with E-state index in [1.807, 2.05) is 12.1 Å². The van der Waals surface area contributed by atoms with E-state index in [0.29, 0.717) is 65.6 Å². The van der Waals surface area contributed by atoms with Gasteiger partial charge in [0.25, 0.3) is 5.91 Å². The summed E-state index contributed by atoms with van der Waals surface area (Å²) in [5.41, 5.74) is 4.62. The van der Waals surface area contributed by atoms with Gasteiger partial charge in [-0.3, -0.25) is 4.79 Å². The summed E-state index contributed by atoms with van der Waals surface area (Å²) in [6.07, 6.45) is 0.550. The SMILES string of the molecule is COc1cc2c(cc1OC)-c1c(c(C(=O)N3CCOCC3)nn1-c1cc(Cl)ccc1Cl)C2. The lowest BCUT2D eigenvalue weighted by Gasteiger charge is -2.26. The molecule has 3 aromatic rings. The van der Waals surface area contributed by atoms with Crippen LogP contribution >= 0.6 is 23.2 Å². The predicted molar refractivity (Wildman–Crippen MR) is 122 cm³/mol. The highest BCUT2D eigenvalue weighted by Gasteiger charge is 2.34. The Bertz CT molecular complexity index is 1220. The Balaban J connectivity index is 1.72. The zero-order valence-corrected chi connectivity index (χ0v) is 19.2. The summed E-state index contributed by atoms with van der Waals surface area (Å²) in [4.78, 5) is 15.2. The number of carbonyl (C=O) groups is 1. The van der Waals surface area contributed by atoms with E-state index in [1.54, 1.807) is 42.0 Å². The van der Waals surface area contributed by atoms with Gasteiger partial charge in [-0.05, 0) is 35.9 Å². The second-order valence-corrected chi connectivity index (χ2v) is 8.47. The van der Waals surface area contributed by atoms with Gasteiger partial charge in [-0.15, -0.1) is 0 Å². The van der Waals surface area contributed by atoms with E-state index in [9.17, 15) is 4.79 Å². The molecule has 0 unspecified atom stereocenters. The molecule has 2 aromatic carbocycles. The summed E-state index contributed by atoms with van der Waals surface area (Å²) >= 11 is 12.8. The van der Waals surface area contributed by atoms with Crippen molar-refractivity contribution in [2.75, 3.05) is 40.5 Å². The minimum absolute atomic E-state index is 0.117. The number of hydrogen-bond donors (Lipinski definition) is 0. The van der Waals surface area contributed by atoms with Crippen LogP contribution in [-0.4, -0.2) is 61.1 Å². The molecule has 2 heterocycles. The number of ether oxygens (including phenoxy) is 3. The fourth-order valence-electron chi connectivity index (χ4n) is 4.28. The van der Waals surface area contributed by atoms with Crippen molar-refractivity contribution in [3.63, 3.8) is 0 Å². The highest BCUT2D eigenvalue weighted by atomic mass is 35.5. The number of rotatable bonds is 4. The summed E-state index contributed by atoms with van der Waals surface area (Å²) in [6.45, 7) is 2.10. The molecule has 0 atom stereocenters. The lowest BCUT2D eigenvalue weighted by molar-refractivity contribution is 0.0298. The van der Waals surface area contributed by atoms with Crippen molar-refractivity contribution in [1.29, 1.82) is 0 Å². The quantitative estimate of drug-likeness (QED) is 0.443. The zero-order chi connectivity index (χ0) is 22.4. The molecule has 0 spiro atoms. The third-order valence-electron chi connectivity index (χ3n) is 5.85. The summed E-state index contributed by atoms with van der Waals surface area (Å²) in [6, 6.07) is 9.06. The van der Waals surface area contributed by atoms with Crippen molar-refractivity contribution in [3.8, 4) is 28.4 Å². The number of hydrogen-bond acceptors (Lipinski definition) is 5. The number of morpholine rings is 1. The van der Waals surface area contributed by atoms with Crippen LogP contribution in [0.15, 0.2) is 30.3 Å². The number of benzene rings is 2. The molecule has 9 heteroatoms. The summed E-state index contributed by atoms with van der Waals surface area (Å²) in [5, 5.41) is 5.76. The Kier molecular flexibility index (Phi) is 5.49. The van der Waals surface area contributed by atoms with Crippen LogP contribution in [0.2, 0.25) is 10.0 Å². The lowest BCUT2D eigenvalue weighted by Crippen LogP contribution is -2.41. The van der Waals surface area contributed by atoms with E-state index >= 15 is 0 Å². The van der Waals surface area contributed by atoms with Crippen LogP contribution < -0.4 is 9.47 Å². The van der Waals surface area contributed by atoms with Crippen molar-refractivity contribution >= 4 is 29.1 Å². The van der Waals surface area contributed by atoms with Gasteiger partial charge in [-0.1, -0.05) is 23.2 Å². The number of aromatic nitrogens is 2. The maximum Gasteiger partial charge on any atom is 0.274 e. The molecule has 0 radical (unpaired) electrons. The lowest BCUT2D eigenvalue weighted by atomic mass is 10.1. The van der Waals surface area contributed by atoms with Crippen LogP contribution in [0.1, 0.15) is 21.6 Å². The Morgan fingerprint density at radius 3 is 2.50 bits per heavy atom. The van der Waals surface area contributed by atoms with E-state index in [-0.39, 0.29) is 5.91 Å². The molecule has 1 fully saturated rings. The van der Waals surface area contributed by atoms with Gasteiger partial charge in [0.2, 0.25) is 0 Å². The molecule has 1 aliphatic carbocycles. The maximum absolute atomic E-state index is 13.4. The van der Waals surface area contributed by atoms with E-state index < -0.39 is 0 Å². The first kappa shape index (κ1) is 21.1. The molecular formula is C23H21Cl2N3O4. The van der Waals surface area contributed by atoms with Gasteiger partial charge in [-0.25, -0.2) is 4.68 Å². The van der Waals surface area contributed by atoms with Gasteiger partial charge >= 0.3 is 0 Å². The van der Waals surface area contributed by atoms with E-state index in [0.717, 1.165) is 22.4 Å². The van der Waals surface area contributed by atoms with Crippen LogP contribution in [0.25, 0.3) is 16.9 Å². The first-order valence-electron chi connectivity index (χ1n) is 10.2. The molecule has 32 heavy (non-hydrogen) atoms. The standard InChI is InChI=1S/C23H21Cl2N3O4/c1-30-19-10-13-9-16-21(23(29)27-5-7-32-8-6-27)26-28(18-11-14(24)3-4-17(18)25)22(16)15(13)12-20(19)31-2/h3-4,10-12H,5-9H2,1-2H3. The van der Waals surface area contributed by atoms with Gasteiger partial charge < -0.3 is 19.1 Å². The molecule has 0 bridgehead atoms. The minimum atomic E-state index is -0.117. The molecular weight excluding hydrogens is 453 g/mol. The number of carbonyl (C=O) groups excluding carboxylic acids is 1. The maximum atomic E-state index is 13.4. The van der Waals surface area contributed by atoms with Crippen molar-refractivity contribution in [2.24, 2.45) is 0 Å². The van der Waals surface area contributed by atoms with Crippen LogP contribution in [0.5, 0.6) is 11.5 Å². The molecule has 1 amide bonds. The van der Waals surface area contributed by atoms with Gasteiger partial charge in [0, 0.05) is 35.7 Å². The second kappa shape index (κ2) is 8.31. The number of nitrogens with zero attached hydrogens (tertiary/aromatic N) is 3. The third kappa shape index (κ3) is 3.41. The van der Waals surface area contributed by atoms with Crippen molar-refractivity contribution in [2.45, 2.75) is 6.42 Å². The Morgan fingerprint density at radius 1 is 1.06 bits per heavy atom. The molecule has 0 saturated carbocycles. The van der Waals surface area contributed by atoms with Crippen molar-refractivity contribution in [1.82, 2.24) is 14.7 Å². The molecule has 0 N–H and O–H groups in total. The first-order chi connectivity index (χ1) is 15.5. The van der Waals surface area contributed by atoms with Crippen LogP contribution in [0.3, 0.4) is 0 Å². The van der Waals surface area contributed by atoms with Crippen molar-refractivity contribution < 1.29 is 19.0 Å². The smallest absolute Gasteiger partial charge is 0.274 e. The molecule has 1 saturated heterocycles. The van der Waals surface area contributed by atoms with Crippen LogP contribution in [0, 0.1) is 0 Å². The zero-order valence-electron chi connectivity index (χ0n) is 17.7. The van der Waals surface area contributed by atoms with E-state index in [4.69, 9.17) is 42.5 Å². The van der Waals surface area contributed by atoms with E-state index in [1.165, 1.54) is 0 Å².